The zero-order valence-corrected chi connectivity index (χ0v) is 34.8. The fourth-order valence-electron chi connectivity index (χ4n) is 7.60. The molecule has 0 spiro atoms. The van der Waals surface area contributed by atoms with Gasteiger partial charge in [-0.1, -0.05) is 83.3 Å². The van der Waals surface area contributed by atoms with Crippen LogP contribution >= 0.6 is 0 Å². The second-order valence-corrected chi connectivity index (χ2v) is 15.4. The second kappa shape index (κ2) is 28.2. The molecule has 1 fully saturated rings. The zero-order valence-electron chi connectivity index (χ0n) is 34.8. The average Bonchev–Trinajstić information content (AvgIpc) is 3.71. The van der Waals surface area contributed by atoms with E-state index in [1.54, 1.807) is 13.0 Å². The maximum Gasteiger partial charge on any atom is 0.334 e. The van der Waals surface area contributed by atoms with Crippen LogP contribution in [0.4, 0.5) is 0 Å². The molecule has 7 unspecified atom stereocenters. The van der Waals surface area contributed by atoms with Gasteiger partial charge < -0.3 is 28.4 Å². The van der Waals surface area contributed by atoms with Gasteiger partial charge in [-0.05, 0) is 83.6 Å². The van der Waals surface area contributed by atoms with Crippen molar-refractivity contribution in [1.29, 1.82) is 0 Å². The minimum Gasteiger partial charge on any atom is -0.462 e. The third-order valence-corrected chi connectivity index (χ3v) is 10.2. The summed E-state index contributed by atoms with van der Waals surface area (Å²) in [6, 6.07) is 0. The van der Waals surface area contributed by atoms with Crippen LogP contribution in [-0.4, -0.2) is 72.6 Å². The fraction of sp³-hybridized carbons (Fsp3) is 0.795. The van der Waals surface area contributed by atoms with Crippen molar-refractivity contribution in [3.8, 4) is 0 Å². The van der Waals surface area contributed by atoms with Crippen LogP contribution in [0.3, 0.4) is 0 Å². The lowest BCUT2D eigenvalue weighted by atomic mass is 9.97. The number of carbonyl (C=O) groups excluding carboxylic acids is 5. The van der Waals surface area contributed by atoms with Gasteiger partial charge in [0.2, 0.25) is 0 Å². The number of hydrogen-bond donors (Lipinski definition) is 0. The molecule has 0 aromatic rings. The smallest absolute Gasteiger partial charge is 0.334 e. The first-order valence-corrected chi connectivity index (χ1v) is 21.3. The predicted molar refractivity (Wildman–Crippen MR) is 211 cm³/mol. The van der Waals surface area contributed by atoms with Crippen LogP contribution in [0.25, 0.3) is 0 Å². The largest absolute Gasteiger partial charge is 0.462 e. The van der Waals surface area contributed by atoms with Crippen molar-refractivity contribution < 1.29 is 52.4 Å². The SMILES string of the molecule is CCCCCCCCCCC/C=C\CCC(OC(C)=O)C(CCC(OC(C)=O)C1CCC(CCCCCC(CC2=CC(C)OC2=O)OC(C)=O)O1)OC(C)=O. The predicted octanol–water partition coefficient (Wildman–Crippen LogP) is 9.51. The number of allylic oxidation sites excluding steroid dienone is 2. The highest BCUT2D eigenvalue weighted by molar-refractivity contribution is 5.91. The Morgan fingerprint density at radius 2 is 1.27 bits per heavy atom. The Morgan fingerprint density at radius 1 is 0.691 bits per heavy atom. The van der Waals surface area contributed by atoms with Crippen LogP contribution < -0.4 is 0 Å². The van der Waals surface area contributed by atoms with Crippen molar-refractivity contribution in [3.63, 3.8) is 0 Å². The highest BCUT2D eigenvalue weighted by Gasteiger charge is 2.36. The summed E-state index contributed by atoms with van der Waals surface area (Å²) in [7, 11) is 0. The normalized spacial score (nSPS) is 20.4. The summed E-state index contributed by atoms with van der Waals surface area (Å²) in [5.41, 5.74) is 0.555. The average molecular weight is 777 g/mol. The van der Waals surface area contributed by atoms with Gasteiger partial charge in [0.05, 0.1) is 12.2 Å². The fourth-order valence-corrected chi connectivity index (χ4v) is 7.60. The molecule has 0 amide bonds. The summed E-state index contributed by atoms with van der Waals surface area (Å²) in [5, 5.41) is 0. The van der Waals surface area contributed by atoms with Crippen molar-refractivity contribution in [2.45, 2.75) is 226 Å². The van der Waals surface area contributed by atoms with Crippen molar-refractivity contribution in [3.05, 3.63) is 23.8 Å². The summed E-state index contributed by atoms with van der Waals surface area (Å²) in [4.78, 5) is 60.1. The van der Waals surface area contributed by atoms with Crippen LogP contribution in [0.15, 0.2) is 23.8 Å². The monoisotopic (exact) mass is 777 g/mol. The Balaban J connectivity index is 1.83. The Labute approximate surface area is 331 Å². The quantitative estimate of drug-likeness (QED) is 0.0298. The topological polar surface area (TPSA) is 141 Å². The molecule has 314 valence electrons. The number of esters is 5. The van der Waals surface area contributed by atoms with E-state index in [4.69, 9.17) is 28.4 Å². The zero-order chi connectivity index (χ0) is 40.4. The Kier molecular flexibility index (Phi) is 24.6. The van der Waals surface area contributed by atoms with Gasteiger partial charge in [-0.3, -0.25) is 19.2 Å². The first-order valence-electron chi connectivity index (χ1n) is 21.3. The standard InChI is InChI=1S/C44H72O11/c1-7-8-9-10-11-12-13-14-15-16-17-18-22-25-40(52-34(4)46)41(53-35(5)47)28-29-42(54-36(6)48)43-27-26-38(55-43)23-20-19-21-24-39(51-33(3)45)31-37-30-32(2)50-44(37)49/h17-18,30,32,38-43H,7-16,19-29,31H2,1-6H3/b18-17-. The lowest BCUT2D eigenvalue weighted by Crippen LogP contribution is -2.37. The molecule has 0 aliphatic carbocycles. The van der Waals surface area contributed by atoms with E-state index in [9.17, 15) is 24.0 Å². The number of cyclic esters (lactones) is 1. The Bertz CT molecular complexity index is 1210. The molecule has 2 heterocycles. The third kappa shape index (κ3) is 22.2. The van der Waals surface area contributed by atoms with Gasteiger partial charge in [-0.15, -0.1) is 0 Å². The molecule has 0 aromatic carbocycles. The van der Waals surface area contributed by atoms with Crippen LogP contribution in [0, 0.1) is 0 Å². The van der Waals surface area contributed by atoms with Crippen molar-refractivity contribution in [2.75, 3.05) is 0 Å². The molecule has 11 heteroatoms. The molecule has 1 saturated heterocycles. The Morgan fingerprint density at radius 3 is 1.87 bits per heavy atom. The number of rotatable bonds is 30. The van der Waals surface area contributed by atoms with Crippen LogP contribution in [-0.2, 0) is 52.4 Å². The molecule has 0 radical (unpaired) electrons. The minimum absolute atomic E-state index is 0.0209. The molecular formula is C44H72O11. The van der Waals surface area contributed by atoms with Gasteiger partial charge >= 0.3 is 29.8 Å². The third-order valence-electron chi connectivity index (χ3n) is 10.2. The van der Waals surface area contributed by atoms with Crippen LogP contribution in [0.1, 0.15) is 183 Å². The van der Waals surface area contributed by atoms with Gasteiger partial charge in [-0.25, -0.2) is 4.79 Å². The molecule has 2 aliphatic rings. The highest BCUT2D eigenvalue weighted by Crippen LogP contribution is 2.31. The molecule has 11 nitrogen and oxygen atoms in total. The minimum atomic E-state index is -0.683. The van der Waals surface area contributed by atoms with E-state index in [1.165, 1.54) is 79.1 Å². The van der Waals surface area contributed by atoms with Crippen molar-refractivity contribution in [1.82, 2.24) is 0 Å². The molecule has 7 atom stereocenters. The van der Waals surface area contributed by atoms with Gasteiger partial charge in [0.15, 0.2) is 0 Å². The number of unbranched alkanes of at least 4 members (excludes halogenated alkanes) is 11. The van der Waals surface area contributed by atoms with E-state index in [1.807, 2.05) is 0 Å². The summed E-state index contributed by atoms with van der Waals surface area (Å²) in [5.74, 6) is -2.03. The number of carbonyl (C=O) groups is 5. The van der Waals surface area contributed by atoms with E-state index in [0.29, 0.717) is 44.1 Å². The lowest BCUT2D eigenvalue weighted by molar-refractivity contribution is -0.168. The van der Waals surface area contributed by atoms with E-state index < -0.39 is 36.2 Å². The van der Waals surface area contributed by atoms with Crippen molar-refractivity contribution in [2.24, 2.45) is 0 Å². The first kappa shape index (κ1) is 47.9. The van der Waals surface area contributed by atoms with E-state index >= 15 is 0 Å². The number of ether oxygens (including phenoxy) is 6. The molecular weight excluding hydrogens is 704 g/mol. The molecule has 0 N–H and O–H groups in total. The molecule has 0 saturated carbocycles. The van der Waals surface area contributed by atoms with Crippen LogP contribution in [0.5, 0.6) is 0 Å². The summed E-state index contributed by atoms with van der Waals surface area (Å²) < 4.78 is 34.2. The second-order valence-electron chi connectivity index (χ2n) is 15.4. The van der Waals surface area contributed by atoms with E-state index in [-0.39, 0.29) is 36.4 Å². The van der Waals surface area contributed by atoms with Gasteiger partial charge in [-0.2, -0.15) is 0 Å². The summed E-state index contributed by atoms with van der Waals surface area (Å²) in [6.07, 6.45) is 24.0. The molecule has 0 aromatic heterocycles. The summed E-state index contributed by atoms with van der Waals surface area (Å²) in [6.45, 7) is 9.50. The van der Waals surface area contributed by atoms with E-state index in [2.05, 4.69) is 19.1 Å². The summed E-state index contributed by atoms with van der Waals surface area (Å²) >= 11 is 0. The van der Waals surface area contributed by atoms with Gasteiger partial charge in [0.25, 0.3) is 0 Å². The van der Waals surface area contributed by atoms with Gasteiger partial charge in [0.1, 0.15) is 30.5 Å². The van der Waals surface area contributed by atoms with Crippen molar-refractivity contribution >= 4 is 29.8 Å². The molecule has 2 rings (SSSR count). The molecule has 2 aliphatic heterocycles. The van der Waals surface area contributed by atoms with Crippen LogP contribution in [0.2, 0.25) is 0 Å². The molecule has 0 bridgehead atoms. The maximum atomic E-state index is 12.2. The van der Waals surface area contributed by atoms with Gasteiger partial charge in [0, 0.05) is 39.7 Å². The lowest BCUT2D eigenvalue weighted by Gasteiger charge is -2.29. The number of hydrogen-bond acceptors (Lipinski definition) is 11. The molecule has 55 heavy (non-hydrogen) atoms. The first-order chi connectivity index (χ1) is 26.4. The Hall–Kier alpha value is -3.21. The highest BCUT2D eigenvalue weighted by atomic mass is 16.6. The van der Waals surface area contributed by atoms with E-state index in [0.717, 1.165) is 51.4 Å². The maximum absolute atomic E-state index is 12.2.